The van der Waals surface area contributed by atoms with E-state index in [-0.39, 0.29) is 11.5 Å². The van der Waals surface area contributed by atoms with Crippen LogP contribution in [0.2, 0.25) is 0 Å². The number of nitrogens with zero attached hydrogens (tertiary/aromatic N) is 1. The lowest BCUT2D eigenvalue weighted by molar-refractivity contribution is 0.104. The summed E-state index contributed by atoms with van der Waals surface area (Å²) in [5.74, 6) is 0.114. The van der Waals surface area contributed by atoms with Crippen LogP contribution in [0.3, 0.4) is 0 Å². The summed E-state index contributed by atoms with van der Waals surface area (Å²) < 4.78 is 0. The second-order valence-corrected chi connectivity index (χ2v) is 4.30. The Kier molecular flexibility index (Phi) is 4.50. The van der Waals surface area contributed by atoms with Gasteiger partial charge in [0.1, 0.15) is 5.75 Å². The Bertz CT molecular complexity index is 621. The fraction of sp³-hybridized carbons (Fsp3) is 0.125. The van der Waals surface area contributed by atoms with Crippen molar-refractivity contribution in [2.45, 2.75) is 13.3 Å². The summed E-state index contributed by atoms with van der Waals surface area (Å²) in [5, 5.41) is 12.6. The van der Waals surface area contributed by atoms with Crippen LogP contribution in [0.25, 0.3) is 0 Å². The number of allylic oxidation sites excluding steroid dienone is 2. The molecule has 2 N–H and O–H groups in total. The molecular weight excluding hydrogens is 252 g/mol. The number of hydrogen-bond donors (Lipinski definition) is 2. The highest BCUT2D eigenvalue weighted by Crippen LogP contribution is 2.18. The second kappa shape index (κ2) is 6.52. The molecule has 0 spiro atoms. The molecule has 0 amide bonds. The highest BCUT2D eigenvalue weighted by atomic mass is 16.3. The molecule has 0 atom stereocenters. The van der Waals surface area contributed by atoms with Crippen molar-refractivity contribution in [1.29, 1.82) is 0 Å². The molecule has 1 aromatic carbocycles. The Morgan fingerprint density at radius 2 is 2.05 bits per heavy atom. The van der Waals surface area contributed by atoms with Crippen molar-refractivity contribution in [1.82, 2.24) is 4.98 Å². The minimum absolute atomic E-state index is 0.0723. The maximum atomic E-state index is 12.1. The normalized spacial score (nSPS) is 11.2. The summed E-state index contributed by atoms with van der Waals surface area (Å²) in [6.07, 6.45) is 5.44. The predicted molar refractivity (Wildman–Crippen MR) is 78.7 cm³/mol. The Balaban J connectivity index is 2.16. The molecule has 4 heteroatoms. The summed E-state index contributed by atoms with van der Waals surface area (Å²) in [7, 11) is 0. The van der Waals surface area contributed by atoms with Gasteiger partial charge in [0.05, 0.1) is 0 Å². The van der Waals surface area contributed by atoms with E-state index in [9.17, 15) is 9.90 Å². The number of pyridine rings is 1. The molecule has 0 saturated carbocycles. The molecule has 0 aliphatic rings. The first-order valence-corrected chi connectivity index (χ1v) is 6.40. The monoisotopic (exact) mass is 268 g/mol. The number of hydrogen-bond acceptors (Lipinski definition) is 4. The molecule has 1 heterocycles. The number of nitrogens with one attached hydrogen (secondary N) is 1. The van der Waals surface area contributed by atoms with Gasteiger partial charge < -0.3 is 10.4 Å². The summed E-state index contributed by atoms with van der Waals surface area (Å²) in [4.78, 5) is 16.0. The van der Waals surface area contributed by atoms with Crippen molar-refractivity contribution in [3.63, 3.8) is 0 Å². The zero-order chi connectivity index (χ0) is 14.4. The number of rotatable bonds is 5. The Labute approximate surface area is 117 Å². The highest BCUT2D eigenvalue weighted by Gasteiger charge is 2.04. The van der Waals surface area contributed by atoms with Crippen LogP contribution in [0.15, 0.2) is 60.6 Å². The van der Waals surface area contributed by atoms with Crippen LogP contribution in [0.5, 0.6) is 5.75 Å². The van der Waals surface area contributed by atoms with Gasteiger partial charge in [-0.1, -0.05) is 13.0 Å². The van der Waals surface area contributed by atoms with Gasteiger partial charge in [0.15, 0.2) is 5.78 Å². The number of aromatic nitrogens is 1. The summed E-state index contributed by atoms with van der Waals surface area (Å²) in [6.45, 7) is 1.96. The SMILES string of the molecule is CCC(=CC(=O)c1ccncc1)Nc1cccc(O)c1. The molecule has 0 aliphatic heterocycles. The molecule has 0 radical (unpaired) electrons. The Hall–Kier alpha value is -2.62. The first-order valence-electron chi connectivity index (χ1n) is 6.40. The molecule has 20 heavy (non-hydrogen) atoms. The van der Waals surface area contributed by atoms with Crippen LogP contribution in [-0.2, 0) is 0 Å². The van der Waals surface area contributed by atoms with Gasteiger partial charge in [-0.25, -0.2) is 0 Å². The van der Waals surface area contributed by atoms with Crippen molar-refractivity contribution >= 4 is 11.5 Å². The van der Waals surface area contributed by atoms with Crippen LogP contribution >= 0.6 is 0 Å². The Morgan fingerprint density at radius 1 is 1.30 bits per heavy atom. The van der Waals surface area contributed by atoms with E-state index in [4.69, 9.17) is 0 Å². The van der Waals surface area contributed by atoms with E-state index in [2.05, 4.69) is 10.3 Å². The average molecular weight is 268 g/mol. The average Bonchev–Trinajstić information content (AvgIpc) is 2.47. The van der Waals surface area contributed by atoms with Crippen LogP contribution in [0.4, 0.5) is 5.69 Å². The molecule has 0 aliphatic carbocycles. The van der Waals surface area contributed by atoms with E-state index in [1.165, 1.54) is 0 Å². The smallest absolute Gasteiger partial charge is 0.187 e. The molecule has 0 unspecified atom stereocenters. The molecule has 0 bridgehead atoms. The van der Waals surface area contributed by atoms with Gasteiger partial charge in [-0.3, -0.25) is 9.78 Å². The summed E-state index contributed by atoms with van der Waals surface area (Å²) >= 11 is 0. The second-order valence-electron chi connectivity index (χ2n) is 4.30. The fourth-order valence-electron chi connectivity index (χ4n) is 1.75. The number of benzene rings is 1. The van der Waals surface area contributed by atoms with Crippen LogP contribution in [-0.4, -0.2) is 15.9 Å². The van der Waals surface area contributed by atoms with E-state index in [1.54, 1.807) is 48.8 Å². The number of phenolic OH excluding ortho intramolecular Hbond substituents is 1. The highest BCUT2D eigenvalue weighted by molar-refractivity contribution is 6.05. The van der Waals surface area contributed by atoms with Gasteiger partial charge in [0.25, 0.3) is 0 Å². The molecule has 1 aromatic heterocycles. The van der Waals surface area contributed by atoms with E-state index in [1.807, 2.05) is 13.0 Å². The Morgan fingerprint density at radius 3 is 2.70 bits per heavy atom. The van der Waals surface area contributed by atoms with Gasteiger partial charge in [0.2, 0.25) is 0 Å². The predicted octanol–water partition coefficient (Wildman–Crippen LogP) is 3.38. The molecular formula is C16H16N2O2. The maximum Gasteiger partial charge on any atom is 0.187 e. The number of phenols is 1. The van der Waals surface area contributed by atoms with E-state index in [0.717, 1.165) is 11.4 Å². The number of carbonyl (C=O) groups is 1. The first kappa shape index (κ1) is 13.8. The number of aromatic hydroxyl groups is 1. The lowest BCUT2D eigenvalue weighted by Gasteiger charge is -2.09. The fourth-order valence-corrected chi connectivity index (χ4v) is 1.75. The first-order chi connectivity index (χ1) is 9.69. The van der Waals surface area contributed by atoms with Crippen LogP contribution < -0.4 is 5.32 Å². The van der Waals surface area contributed by atoms with Gasteiger partial charge in [-0.05, 0) is 30.7 Å². The van der Waals surface area contributed by atoms with Crippen molar-refractivity contribution in [3.05, 3.63) is 66.1 Å². The quantitative estimate of drug-likeness (QED) is 0.644. The van der Waals surface area contributed by atoms with Crippen molar-refractivity contribution in [2.75, 3.05) is 5.32 Å². The van der Waals surface area contributed by atoms with Crippen LogP contribution in [0.1, 0.15) is 23.7 Å². The third-order valence-electron chi connectivity index (χ3n) is 2.80. The molecule has 0 fully saturated rings. The van der Waals surface area contributed by atoms with Gasteiger partial charge in [-0.2, -0.15) is 0 Å². The molecule has 2 rings (SSSR count). The van der Waals surface area contributed by atoms with E-state index in [0.29, 0.717) is 12.0 Å². The maximum absolute atomic E-state index is 12.1. The summed E-state index contributed by atoms with van der Waals surface area (Å²) in [5.41, 5.74) is 2.14. The molecule has 4 nitrogen and oxygen atoms in total. The van der Waals surface area contributed by atoms with Gasteiger partial charge >= 0.3 is 0 Å². The minimum Gasteiger partial charge on any atom is -0.508 e. The third kappa shape index (κ3) is 3.68. The number of ketones is 1. The van der Waals surface area contributed by atoms with Crippen molar-refractivity contribution in [3.8, 4) is 5.75 Å². The topological polar surface area (TPSA) is 62.2 Å². The molecule has 2 aromatic rings. The number of carbonyl (C=O) groups excluding carboxylic acids is 1. The number of anilines is 1. The molecule has 102 valence electrons. The largest absolute Gasteiger partial charge is 0.508 e. The van der Waals surface area contributed by atoms with Crippen molar-refractivity contribution < 1.29 is 9.90 Å². The van der Waals surface area contributed by atoms with Gasteiger partial charge in [0, 0.05) is 41.5 Å². The summed E-state index contributed by atoms with van der Waals surface area (Å²) in [6, 6.07) is 10.2. The van der Waals surface area contributed by atoms with Gasteiger partial charge in [-0.15, -0.1) is 0 Å². The lowest BCUT2D eigenvalue weighted by atomic mass is 10.1. The lowest BCUT2D eigenvalue weighted by Crippen LogP contribution is -2.03. The zero-order valence-corrected chi connectivity index (χ0v) is 11.2. The van der Waals surface area contributed by atoms with E-state index >= 15 is 0 Å². The van der Waals surface area contributed by atoms with E-state index < -0.39 is 0 Å². The molecule has 0 saturated heterocycles. The standard InChI is InChI=1S/C16H16N2O2/c1-2-13(18-14-4-3-5-15(19)10-14)11-16(20)12-6-8-17-9-7-12/h3-11,18-19H,2H2,1H3. The van der Waals surface area contributed by atoms with Crippen molar-refractivity contribution in [2.24, 2.45) is 0 Å². The third-order valence-corrected chi connectivity index (χ3v) is 2.80. The minimum atomic E-state index is -0.0723. The zero-order valence-electron chi connectivity index (χ0n) is 11.2. The van der Waals surface area contributed by atoms with Crippen LogP contribution in [0, 0.1) is 0 Å².